The maximum Gasteiger partial charge on any atom is 0.223 e. The minimum atomic E-state index is 0.584. The number of hydrogen-bond donors (Lipinski definition) is 1. The molecule has 23 heavy (non-hydrogen) atoms. The number of H-pyrrole nitrogens is 1. The average Bonchev–Trinajstić information content (AvgIpc) is 3.05. The van der Waals surface area contributed by atoms with Crippen molar-refractivity contribution in [2.45, 2.75) is 0 Å². The summed E-state index contributed by atoms with van der Waals surface area (Å²) < 4.78 is 10.6. The number of aromatic nitrogens is 3. The summed E-state index contributed by atoms with van der Waals surface area (Å²) >= 11 is 0. The molecule has 2 aromatic carbocycles. The van der Waals surface area contributed by atoms with Gasteiger partial charge in [0.1, 0.15) is 11.6 Å². The van der Waals surface area contributed by atoms with Crippen LogP contribution in [-0.4, -0.2) is 29.2 Å². The molecule has 5 heteroatoms. The summed E-state index contributed by atoms with van der Waals surface area (Å²) in [5, 5.41) is 2.01. The van der Waals surface area contributed by atoms with Crippen molar-refractivity contribution in [2.75, 3.05) is 14.2 Å². The lowest BCUT2D eigenvalue weighted by molar-refractivity contribution is 0.404. The molecule has 0 aliphatic heterocycles. The third-order valence-corrected chi connectivity index (χ3v) is 3.88. The SMILES string of the molecule is COc1ccc(-c2nc3nc(OC)c4ccccc4c3[nH]2)cc1. The molecular weight excluding hydrogens is 290 g/mol. The van der Waals surface area contributed by atoms with Gasteiger partial charge in [0.2, 0.25) is 5.88 Å². The van der Waals surface area contributed by atoms with Crippen LogP contribution in [0.5, 0.6) is 11.6 Å². The van der Waals surface area contributed by atoms with Gasteiger partial charge in [-0.2, -0.15) is 4.98 Å². The van der Waals surface area contributed by atoms with Crippen LogP contribution < -0.4 is 9.47 Å². The summed E-state index contributed by atoms with van der Waals surface area (Å²) in [5.74, 6) is 2.17. The van der Waals surface area contributed by atoms with Crippen molar-refractivity contribution in [2.24, 2.45) is 0 Å². The molecule has 2 heterocycles. The first kappa shape index (κ1) is 13.6. The number of aromatic amines is 1. The van der Waals surface area contributed by atoms with E-state index in [4.69, 9.17) is 9.47 Å². The maximum atomic E-state index is 5.40. The van der Waals surface area contributed by atoms with E-state index >= 15 is 0 Å². The lowest BCUT2D eigenvalue weighted by atomic mass is 10.1. The lowest BCUT2D eigenvalue weighted by Crippen LogP contribution is -1.90. The first-order chi connectivity index (χ1) is 11.3. The quantitative estimate of drug-likeness (QED) is 0.625. The second-order valence-electron chi connectivity index (χ2n) is 5.18. The van der Waals surface area contributed by atoms with Crippen LogP contribution in [0.3, 0.4) is 0 Å². The zero-order chi connectivity index (χ0) is 15.8. The molecule has 0 radical (unpaired) electrons. The third-order valence-electron chi connectivity index (χ3n) is 3.88. The fourth-order valence-corrected chi connectivity index (χ4v) is 2.72. The standard InChI is InChI=1S/C18H15N3O2/c1-22-12-9-7-11(8-10-12)16-19-15-13-5-3-4-6-14(13)18(23-2)21-17(15)20-16/h3-10H,1-2H3,(H,19,20,21). The molecule has 0 amide bonds. The minimum Gasteiger partial charge on any atom is -0.497 e. The smallest absolute Gasteiger partial charge is 0.223 e. The van der Waals surface area contributed by atoms with E-state index in [0.717, 1.165) is 33.4 Å². The Bertz CT molecular complexity index is 990. The molecule has 4 rings (SSSR count). The number of hydrogen-bond acceptors (Lipinski definition) is 4. The first-order valence-electron chi connectivity index (χ1n) is 7.27. The molecule has 0 bridgehead atoms. The number of methoxy groups -OCH3 is 2. The van der Waals surface area contributed by atoms with E-state index in [1.807, 2.05) is 48.5 Å². The summed E-state index contributed by atoms with van der Waals surface area (Å²) in [5.41, 5.74) is 2.53. The van der Waals surface area contributed by atoms with Crippen molar-refractivity contribution in [3.8, 4) is 23.0 Å². The van der Waals surface area contributed by atoms with Crippen LogP contribution >= 0.6 is 0 Å². The second kappa shape index (κ2) is 5.28. The molecule has 0 aliphatic rings. The van der Waals surface area contributed by atoms with Crippen LogP contribution in [0, 0.1) is 0 Å². The summed E-state index contributed by atoms with van der Waals surface area (Å²) in [7, 11) is 3.27. The van der Waals surface area contributed by atoms with Gasteiger partial charge >= 0.3 is 0 Å². The van der Waals surface area contributed by atoms with Crippen molar-refractivity contribution in [1.29, 1.82) is 0 Å². The highest BCUT2D eigenvalue weighted by atomic mass is 16.5. The Morgan fingerprint density at radius 3 is 2.26 bits per heavy atom. The van der Waals surface area contributed by atoms with Crippen molar-refractivity contribution in [1.82, 2.24) is 15.0 Å². The molecule has 0 atom stereocenters. The van der Waals surface area contributed by atoms with Crippen molar-refractivity contribution >= 4 is 21.9 Å². The van der Waals surface area contributed by atoms with E-state index in [0.29, 0.717) is 11.5 Å². The Kier molecular flexibility index (Phi) is 3.12. The van der Waals surface area contributed by atoms with Gasteiger partial charge in [0, 0.05) is 16.3 Å². The predicted octanol–water partition coefficient (Wildman–Crippen LogP) is 3.80. The zero-order valence-corrected chi connectivity index (χ0v) is 12.8. The van der Waals surface area contributed by atoms with Gasteiger partial charge < -0.3 is 14.5 Å². The molecular formula is C18H15N3O2. The molecule has 1 N–H and O–H groups in total. The highest BCUT2D eigenvalue weighted by Gasteiger charge is 2.13. The molecule has 0 fully saturated rings. The van der Waals surface area contributed by atoms with Crippen molar-refractivity contribution in [3.63, 3.8) is 0 Å². The zero-order valence-electron chi connectivity index (χ0n) is 12.8. The van der Waals surface area contributed by atoms with Gasteiger partial charge in [-0.1, -0.05) is 18.2 Å². The minimum absolute atomic E-state index is 0.584. The van der Waals surface area contributed by atoms with E-state index < -0.39 is 0 Å². The Hall–Kier alpha value is -3.08. The number of rotatable bonds is 3. The topological polar surface area (TPSA) is 60.0 Å². The van der Waals surface area contributed by atoms with Crippen LogP contribution in [0.25, 0.3) is 33.3 Å². The average molecular weight is 305 g/mol. The second-order valence-corrected chi connectivity index (χ2v) is 5.18. The molecule has 0 unspecified atom stereocenters. The fourth-order valence-electron chi connectivity index (χ4n) is 2.72. The molecule has 0 aliphatic carbocycles. The Morgan fingerprint density at radius 2 is 1.57 bits per heavy atom. The summed E-state index contributed by atoms with van der Waals surface area (Å²) in [6, 6.07) is 15.8. The Morgan fingerprint density at radius 1 is 0.826 bits per heavy atom. The van der Waals surface area contributed by atoms with Gasteiger partial charge in [-0.15, -0.1) is 0 Å². The van der Waals surface area contributed by atoms with Crippen molar-refractivity contribution in [3.05, 3.63) is 48.5 Å². The summed E-state index contributed by atoms with van der Waals surface area (Å²) in [4.78, 5) is 12.5. The highest BCUT2D eigenvalue weighted by Crippen LogP contribution is 2.31. The van der Waals surface area contributed by atoms with Gasteiger partial charge in [-0.05, 0) is 30.3 Å². The maximum absolute atomic E-state index is 5.40. The van der Waals surface area contributed by atoms with E-state index in [9.17, 15) is 0 Å². The lowest BCUT2D eigenvalue weighted by Gasteiger charge is -2.04. The number of imidazole rings is 1. The summed E-state index contributed by atoms with van der Waals surface area (Å²) in [6.45, 7) is 0. The molecule has 0 spiro atoms. The van der Waals surface area contributed by atoms with E-state index in [2.05, 4.69) is 15.0 Å². The van der Waals surface area contributed by atoms with Gasteiger partial charge in [-0.3, -0.25) is 0 Å². The monoisotopic (exact) mass is 305 g/mol. The number of benzene rings is 2. The van der Waals surface area contributed by atoms with E-state index in [1.54, 1.807) is 14.2 Å². The Balaban J connectivity index is 1.94. The van der Waals surface area contributed by atoms with Crippen molar-refractivity contribution < 1.29 is 9.47 Å². The van der Waals surface area contributed by atoms with E-state index in [-0.39, 0.29) is 0 Å². The molecule has 0 saturated carbocycles. The number of ether oxygens (including phenoxy) is 2. The normalized spacial score (nSPS) is 11.0. The van der Waals surface area contributed by atoms with Crippen LogP contribution in [0.4, 0.5) is 0 Å². The molecule has 4 aromatic rings. The Labute approximate surface area is 132 Å². The largest absolute Gasteiger partial charge is 0.497 e. The number of nitrogens with one attached hydrogen (secondary N) is 1. The first-order valence-corrected chi connectivity index (χ1v) is 7.27. The van der Waals surface area contributed by atoms with Gasteiger partial charge in [-0.25, -0.2) is 4.98 Å². The highest BCUT2D eigenvalue weighted by molar-refractivity contribution is 6.05. The van der Waals surface area contributed by atoms with Crippen LogP contribution in [0.2, 0.25) is 0 Å². The number of pyridine rings is 1. The van der Waals surface area contributed by atoms with Gasteiger partial charge in [0.25, 0.3) is 0 Å². The number of nitrogens with zero attached hydrogens (tertiary/aromatic N) is 2. The predicted molar refractivity (Wildman–Crippen MR) is 89.9 cm³/mol. The third kappa shape index (κ3) is 2.17. The van der Waals surface area contributed by atoms with Crippen LogP contribution in [0.15, 0.2) is 48.5 Å². The molecule has 5 nitrogen and oxygen atoms in total. The molecule has 114 valence electrons. The van der Waals surface area contributed by atoms with Gasteiger partial charge in [0.15, 0.2) is 5.65 Å². The van der Waals surface area contributed by atoms with E-state index in [1.165, 1.54) is 0 Å². The van der Waals surface area contributed by atoms with Crippen LogP contribution in [-0.2, 0) is 0 Å². The molecule has 0 saturated heterocycles. The number of fused-ring (bicyclic) bond motifs is 3. The fraction of sp³-hybridized carbons (Fsp3) is 0.111. The van der Waals surface area contributed by atoms with Gasteiger partial charge in [0.05, 0.1) is 19.7 Å². The summed E-state index contributed by atoms with van der Waals surface area (Å²) in [6.07, 6.45) is 0. The van der Waals surface area contributed by atoms with Crippen LogP contribution in [0.1, 0.15) is 0 Å². The molecule has 2 aromatic heterocycles.